The van der Waals surface area contributed by atoms with Crippen molar-refractivity contribution in [2.45, 2.75) is 56.9 Å². The molecule has 1 aliphatic rings. The number of thiophene rings is 1. The number of fused-ring (bicyclic) bond motifs is 1. The Labute approximate surface area is 235 Å². The molecule has 2 unspecified atom stereocenters. The minimum Gasteiger partial charge on any atom is -0.496 e. The van der Waals surface area contributed by atoms with Crippen LogP contribution < -0.4 is 15.4 Å². The number of carbonyl (C=O) groups is 2. The number of aryl methyl sites for hydroxylation is 1. The molecule has 41 heavy (non-hydrogen) atoms. The van der Waals surface area contributed by atoms with E-state index >= 15 is 0 Å². The predicted molar refractivity (Wildman–Crippen MR) is 142 cm³/mol. The number of ether oxygens (including phenoxy) is 1. The summed E-state index contributed by atoms with van der Waals surface area (Å²) in [6, 6.07) is 6.90. The summed E-state index contributed by atoms with van der Waals surface area (Å²) < 4.78 is 85.5. The van der Waals surface area contributed by atoms with Crippen LogP contribution in [0.2, 0.25) is 0 Å². The van der Waals surface area contributed by atoms with Crippen molar-refractivity contribution in [2.75, 3.05) is 19.0 Å². The molecular formula is C28H28F6N2O4S. The number of anilines is 1. The van der Waals surface area contributed by atoms with E-state index in [4.69, 9.17) is 9.84 Å². The van der Waals surface area contributed by atoms with Gasteiger partial charge in [-0.2, -0.15) is 26.3 Å². The van der Waals surface area contributed by atoms with E-state index in [1.807, 2.05) is 0 Å². The Balaban J connectivity index is 1.70. The summed E-state index contributed by atoms with van der Waals surface area (Å²) in [7, 11) is 1.36. The number of aliphatic hydroxyl groups is 1. The molecule has 0 aliphatic heterocycles. The molecule has 1 heterocycles. The number of benzene rings is 2. The van der Waals surface area contributed by atoms with E-state index in [0.29, 0.717) is 30.6 Å². The first-order valence-electron chi connectivity index (χ1n) is 12.9. The van der Waals surface area contributed by atoms with E-state index in [0.717, 1.165) is 23.8 Å². The molecule has 3 N–H and O–H groups in total. The lowest BCUT2D eigenvalue weighted by Gasteiger charge is -2.31. The fraction of sp³-hybridized carbons (Fsp3) is 0.429. The smallest absolute Gasteiger partial charge is 0.416 e. The number of alkyl halides is 6. The molecule has 1 aliphatic carbocycles. The van der Waals surface area contributed by atoms with Crippen LogP contribution in [0.4, 0.5) is 32.0 Å². The normalized spacial score (nSPS) is 17.9. The molecule has 1 saturated carbocycles. The molecule has 0 spiro atoms. The van der Waals surface area contributed by atoms with E-state index in [9.17, 15) is 35.9 Å². The van der Waals surface area contributed by atoms with Crippen molar-refractivity contribution in [1.82, 2.24) is 5.32 Å². The van der Waals surface area contributed by atoms with Gasteiger partial charge < -0.3 is 20.5 Å². The number of nitrogens with one attached hydrogen (secondary N) is 2. The maximum absolute atomic E-state index is 13.4. The summed E-state index contributed by atoms with van der Waals surface area (Å²) >= 11 is 0.711. The van der Waals surface area contributed by atoms with Gasteiger partial charge in [0.05, 0.1) is 29.8 Å². The highest BCUT2D eigenvalue weighted by atomic mass is 32.1. The zero-order chi connectivity index (χ0) is 29.9. The molecule has 2 amide bonds. The topological polar surface area (TPSA) is 87.7 Å². The molecule has 6 nitrogen and oxygen atoms in total. The summed E-state index contributed by atoms with van der Waals surface area (Å²) in [6.07, 6.45) is -7.91. The van der Waals surface area contributed by atoms with E-state index in [2.05, 4.69) is 10.6 Å². The van der Waals surface area contributed by atoms with Gasteiger partial charge in [-0.15, -0.1) is 11.3 Å². The molecular weight excluding hydrogens is 574 g/mol. The van der Waals surface area contributed by atoms with Gasteiger partial charge in [-0.1, -0.05) is 18.6 Å². The van der Waals surface area contributed by atoms with Crippen LogP contribution in [0.15, 0.2) is 36.4 Å². The number of hydrogen-bond acceptors (Lipinski definition) is 5. The number of carbonyl (C=O) groups excluding carboxylic acids is 2. The number of halogens is 6. The Kier molecular flexibility index (Phi) is 9.17. The summed E-state index contributed by atoms with van der Waals surface area (Å²) in [5.74, 6) is -2.84. The Morgan fingerprint density at radius 1 is 1.05 bits per heavy atom. The van der Waals surface area contributed by atoms with Crippen molar-refractivity contribution < 1.29 is 45.8 Å². The highest BCUT2D eigenvalue weighted by Crippen LogP contribution is 2.41. The van der Waals surface area contributed by atoms with Gasteiger partial charge in [0.25, 0.3) is 11.8 Å². The van der Waals surface area contributed by atoms with Crippen LogP contribution in [-0.2, 0) is 12.6 Å². The maximum Gasteiger partial charge on any atom is 0.416 e. The second-order valence-corrected chi connectivity index (χ2v) is 11.0. The first kappa shape index (κ1) is 30.6. The van der Waals surface area contributed by atoms with E-state index < -0.39 is 41.7 Å². The van der Waals surface area contributed by atoms with E-state index in [1.54, 1.807) is 18.2 Å². The third-order valence-corrected chi connectivity index (χ3v) is 8.22. The number of methoxy groups -OCH3 is 1. The van der Waals surface area contributed by atoms with Crippen molar-refractivity contribution in [3.05, 3.63) is 58.0 Å². The quantitative estimate of drug-likeness (QED) is 0.244. The number of amides is 2. The van der Waals surface area contributed by atoms with Crippen LogP contribution in [0.3, 0.4) is 0 Å². The van der Waals surface area contributed by atoms with Crippen molar-refractivity contribution >= 4 is 38.9 Å². The van der Waals surface area contributed by atoms with Crippen LogP contribution in [0.1, 0.15) is 63.3 Å². The minimum absolute atomic E-state index is 0.0422. The van der Waals surface area contributed by atoms with Crippen molar-refractivity contribution in [3.63, 3.8) is 0 Å². The summed E-state index contributed by atoms with van der Waals surface area (Å²) in [5.41, 5.74) is -0.174. The molecule has 0 bridgehead atoms. The van der Waals surface area contributed by atoms with E-state index in [-0.39, 0.29) is 57.8 Å². The zero-order valence-electron chi connectivity index (χ0n) is 21.9. The molecule has 222 valence electrons. The predicted octanol–water partition coefficient (Wildman–Crippen LogP) is 6.96. The van der Waals surface area contributed by atoms with E-state index in [1.165, 1.54) is 7.11 Å². The first-order chi connectivity index (χ1) is 19.3. The SMILES string of the molecule is COc1ccc(CCCO)cc1C(=O)Nc1c(C(=O)NC2CCCC(C(F)(F)F)C2)sc2cc(C(F)(F)F)ccc12. The second kappa shape index (κ2) is 12.3. The number of rotatable bonds is 8. The van der Waals surface area contributed by atoms with Gasteiger partial charge >= 0.3 is 12.4 Å². The summed E-state index contributed by atoms with van der Waals surface area (Å²) in [6.45, 7) is -0.0580. The Morgan fingerprint density at radius 3 is 2.46 bits per heavy atom. The third-order valence-electron chi connectivity index (χ3n) is 7.07. The fourth-order valence-electron chi connectivity index (χ4n) is 4.98. The van der Waals surface area contributed by atoms with Crippen LogP contribution in [0, 0.1) is 5.92 Å². The van der Waals surface area contributed by atoms with Gasteiger partial charge in [-0.3, -0.25) is 9.59 Å². The molecule has 0 radical (unpaired) electrons. The molecule has 13 heteroatoms. The highest BCUT2D eigenvalue weighted by molar-refractivity contribution is 7.21. The van der Waals surface area contributed by atoms with Gasteiger partial charge in [0, 0.05) is 22.7 Å². The third kappa shape index (κ3) is 7.13. The Bertz CT molecular complexity index is 1420. The highest BCUT2D eigenvalue weighted by Gasteiger charge is 2.42. The van der Waals surface area contributed by atoms with Gasteiger partial charge in [0.15, 0.2) is 0 Å². The molecule has 1 fully saturated rings. The maximum atomic E-state index is 13.4. The lowest BCUT2D eigenvalue weighted by molar-refractivity contribution is -0.183. The van der Waals surface area contributed by atoms with Crippen LogP contribution in [-0.4, -0.2) is 42.9 Å². The van der Waals surface area contributed by atoms with Gasteiger partial charge in [0.1, 0.15) is 10.6 Å². The van der Waals surface area contributed by atoms with Gasteiger partial charge in [-0.25, -0.2) is 0 Å². The average molecular weight is 603 g/mol. The van der Waals surface area contributed by atoms with Gasteiger partial charge in [-0.05, 0) is 61.9 Å². The zero-order valence-corrected chi connectivity index (χ0v) is 22.7. The largest absolute Gasteiger partial charge is 0.496 e. The molecule has 2 aromatic carbocycles. The van der Waals surface area contributed by atoms with Crippen LogP contribution in [0.25, 0.3) is 10.1 Å². The second-order valence-electron chi connectivity index (χ2n) is 9.91. The molecule has 0 saturated heterocycles. The fourth-order valence-corrected chi connectivity index (χ4v) is 6.08. The monoisotopic (exact) mass is 602 g/mol. The standard InChI is InChI=1S/C28H28F6N2O4S/c1-40-21-10-7-15(4-3-11-37)12-20(21)25(38)36-23-19-9-8-17(28(32,33)34)14-22(19)41-24(23)26(39)35-18-6-2-5-16(13-18)27(29,30)31/h7-10,12,14,16,18,37H,2-6,11,13H2,1H3,(H,35,39)(H,36,38). The van der Waals surface area contributed by atoms with Crippen LogP contribution in [0.5, 0.6) is 5.75 Å². The minimum atomic E-state index is -4.65. The van der Waals surface area contributed by atoms with Crippen molar-refractivity contribution in [2.24, 2.45) is 5.92 Å². The molecule has 3 aromatic rings. The first-order valence-corrected chi connectivity index (χ1v) is 13.7. The lowest BCUT2D eigenvalue weighted by atomic mass is 9.85. The Morgan fingerprint density at radius 2 is 1.80 bits per heavy atom. The van der Waals surface area contributed by atoms with Crippen LogP contribution >= 0.6 is 11.3 Å². The lowest BCUT2D eigenvalue weighted by Crippen LogP contribution is -2.41. The Hall–Kier alpha value is -3.32. The van der Waals surface area contributed by atoms with Gasteiger partial charge in [0.2, 0.25) is 0 Å². The molecule has 1 aromatic heterocycles. The number of hydrogen-bond donors (Lipinski definition) is 3. The van der Waals surface area contributed by atoms with Crippen molar-refractivity contribution in [3.8, 4) is 5.75 Å². The number of aliphatic hydroxyl groups excluding tert-OH is 1. The summed E-state index contributed by atoms with van der Waals surface area (Å²) in [4.78, 5) is 26.7. The molecule has 4 rings (SSSR count). The molecule has 2 atom stereocenters. The average Bonchev–Trinajstić information content (AvgIpc) is 3.28. The van der Waals surface area contributed by atoms with Crippen molar-refractivity contribution in [1.29, 1.82) is 0 Å². The summed E-state index contributed by atoms with van der Waals surface area (Å²) in [5, 5.41) is 14.5.